The minimum Gasteiger partial charge on any atom is -0.497 e. The van der Waals surface area contributed by atoms with E-state index in [0.29, 0.717) is 17.7 Å². The molecule has 3 rings (SSSR count). The standard InChI is InChI=1S/C18H17N3O3S/c1-23-15-9-7-13(8-10-15)11-19-16(22)12-25-18-21-20-17(24-18)14-5-3-2-4-6-14/h2-10H,11-12H2,1H3,(H,19,22). The molecule has 0 spiro atoms. The summed E-state index contributed by atoms with van der Waals surface area (Å²) in [6.45, 7) is 0.461. The van der Waals surface area contributed by atoms with Gasteiger partial charge >= 0.3 is 0 Å². The van der Waals surface area contributed by atoms with Gasteiger partial charge in [-0.05, 0) is 29.8 Å². The second kappa shape index (κ2) is 8.34. The average molecular weight is 355 g/mol. The molecule has 0 bridgehead atoms. The highest BCUT2D eigenvalue weighted by molar-refractivity contribution is 7.99. The van der Waals surface area contributed by atoms with Crippen LogP contribution in [0.2, 0.25) is 0 Å². The summed E-state index contributed by atoms with van der Waals surface area (Å²) in [6, 6.07) is 17.1. The van der Waals surface area contributed by atoms with Gasteiger partial charge in [0.15, 0.2) is 0 Å². The number of methoxy groups -OCH3 is 1. The molecule has 128 valence electrons. The van der Waals surface area contributed by atoms with Gasteiger partial charge in [-0.25, -0.2) is 0 Å². The van der Waals surface area contributed by atoms with Crippen molar-refractivity contribution in [2.24, 2.45) is 0 Å². The van der Waals surface area contributed by atoms with Crippen molar-refractivity contribution in [1.29, 1.82) is 0 Å². The molecule has 1 aromatic heterocycles. The highest BCUT2D eigenvalue weighted by Crippen LogP contribution is 2.22. The number of carbonyl (C=O) groups excluding carboxylic acids is 1. The van der Waals surface area contributed by atoms with Crippen LogP contribution in [0.4, 0.5) is 0 Å². The van der Waals surface area contributed by atoms with E-state index in [1.54, 1.807) is 7.11 Å². The number of rotatable bonds is 7. The van der Waals surface area contributed by atoms with E-state index in [9.17, 15) is 4.79 Å². The monoisotopic (exact) mass is 355 g/mol. The molecule has 0 unspecified atom stereocenters. The van der Waals surface area contributed by atoms with E-state index in [2.05, 4.69) is 15.5 Å². The largest absolute Gasteiger partial charge is 0.497 e. The van der Waals surface area contributed by atoms with Crippen LogP contribution in [0.3, 0.4) is 0 Å². The van der Waals surface area contributed by atoms with E-state index in [1.807, 2.05) is 54.6 Å². The molecule has 0 saturated heterocycles. The van der Waals surface area contributed by atoms with Gasteiger partial charge in [-0.3, -0.25) is 4.79 Å². The molecule has 0 aliphatic heterocycles. The first-order valence-corrected chi connectivity index (χ1v) is 8.64. The fourth-order valence-corrected chi connectivity index (χ4v) is 2.68. The third kappa shape index (κ3) is 4.84. The molecule has 1 N–H and O–H groups in total. The van der Waals surface area contributed by atoms with Gasteiger partial charge in [-0.1, -0.05) is 42.1 Å². The molecule has 2 aromatic carbocycles. The van der Waals surface area contributed by atoms with Crippen LogP contribution in [0.5, 0.6) is 5.75 Å². The number of nitrogens with zero attached hydrogens (tertiary/aromatic N) is 2. The summed E-state index contributed by atoms with van der Waals surface area (Å²) in [6.07, 6.45) is 0. The van der Waals surface area contributed by atoms with Gasteiger partial charge in [0.2, 0.25) is 11.8 Å². The third-order valence-corrected chi connectivity index (χ3v) is 4.22. The Morgan fingerprint density at radius 2 is 1.88 bits per heavy atom. The minimum atomic E-state index is -0.0970. The first kappa shape index (κ1) is 17.0. The predicted molar refractivity (Wildman–Crippen MR) is 95.3 cm³/mol. The maximum Gasteiger partial charge on any atom is 0.277 e. The molecule has 0 atom stereocenters. The van der Waals surface area contributed by atoms with E-state index >= 15 is 0 Å². The van der Waals surface area contributed by atoms with Crippen LogP contribution in [-0.4, -0.2) is 29.0 Å². The number of carbonyl (C=O) groups is 1. The Bertz CT molecular complexity index is 819. The summed E-state index contributed by atoms with van der Waals surface area (Å²) in [5, 5.41) is 11.2. The number of aromatic nitrogens is 2. The molecular weight excluding hydrogens is 338 g/mol. The average Bonchev–Trinajstić information content (AvgIpc) is 3.15. The topological polar surface area (TPSA) is 77.2 Å². The highest BCUT2D eigenvalue weighted by atomic mass is 32.2. The molecule has 0 aliphatic carbocycles. The molecule has 3 aromatic rings. The van der Waals surface area contributed by atoms with Crippen LogP contribution < -0.4 is 10.1 Å². The van der Waals surface area contributed by atoms with Gasteiger partial charge < -0.3 is 14.5 Å². The van der Waals surface area contributed by atoms with Gasteiger partial charge in [0.1, 0.15) is 5.75 Å². The Balaban J connectivity index is 1.46. The zero-order valence-corrected chi connectivity index (χ0v) is 14.5. The summed E-state index contributed by atoms with van der Waals surface area (Å²) in [5.74, 6) is 1.35. The Morgan fingerprint density at radius 3 is 2.60 bits per heavy atom. The third-order valence-electron chi connectivity index (χ3n) is 3.40. The van der Waals surface area contributed by atoms with Crippen LogP contribution in [-0.2, 0) is 11.3 Å². The molecule has 25 heavy (non-hydrogen) atoms. The SMILES string of the molecule is COc1ccc(CNC(=O)CSc2nnc(-c3ccccc3)o2)cc1. The lowest BCUT2D eigenvalue weighted by molar-refractivity contribution is -0.118. The van der Waals surface area contributed by atoms with Crippen LogP contribution in [0.15, 0.2) is 64.2 Å². The summed E-state index contributed by atoms with van der Waals surface area (Å²) < 4.78 is 10.7. The van der Waals surface area contributed by atoms with Gasteiger partial charge in [-0.2, -0.15) is 0 Å². The lowest BCUT2D eigenvalue weighted by Crippen LogP contribution is -2.24. The summed E-state index contributed by atoms with van der Waals surface area (Å²) in [4.78, 5) is 11.9. The number of thioether (sulfide) groups is 1. The number of hydrogen-bond donors (Lipinski definition) is 1. The Morgan fingerprint density at radius 1 is 1.12 bits per heavy atom. The van der Waals surface area contributed by atoms with Crippen LogP contribution in [0.25, 0.3) is 11.5 Å². The van der Waals surface area contributed by atoms with Gasteiger partial charge in [-0.15, -0.1) is 10.2 Å². The first-order valence-electron chi connectivity index (χ1n) is 7.66. The molecule has 7 heteroatoms. The second-order valence-electron chi connectivity index (χ2n) is 5.15. The Labute approximate surface area is 149 Å². The van der Waals surface area contributed by atoms with Gasteiger partial charge in [0.05, 0.1) is 12.9 Å². The fraction of sp³-hybridized carbons (Fsp3) is 0.167. The van der Waals surface area contributed by atoms with Crippen LogP contribution in [0.1, 0.15) is 5.56 Å². The van der Waals surface area contributed by atoms with Crippen molar-refractivity contribution in [3.63, 3.8) is 0 Å². The zero-order valence-electron chi connectivity index (χ0n) is 13.6. The zero-order chi connectivity index (χ0) is 17.5. The molecular formula is C18H17N3O3S. The number of amides is 1. The van der Waals surface area contributed by atoms with Crippen molar-refractivity contribution < 1.29 is 13.9 Å². The first-order chi connectivity index (χ1) is 12.2. The highest BCUT2D eigenvalue weighted by Gasteiger charge is 2.10. The maximum atomic E-state index is 11.9. The molecule has 1 heterocycles. The molecule has 1 amide bonds. The summed E-state index contributed by atoms with van der Waals surface area (Å²) >= 11 is 1.21. The predicted octanol–water partition coefficient (Wildman–Crippen LogP) is 3.15. The number of ether oxygens (including phenoxy) is 1. The fourth-order valence-electron chi connectivity index (χ4n) is 2.09. The Kier molecular flexibility index (Phi) is 5.69. The summed E-state index contributed by atoms with van der Waals surface area (Å²) in [5.41, 5.74) is 1.86. The van der Waals surface area contributed by atoms with Crippen molar-refractivity contribution in [3.8, 4) is 17.2 Å². The van der Waals surface area contributed by atoms with E-state index in [0.717, 1.165) is 16.9 Å². The molecule has 0 radical (unpaired) electrons. The van der Waals surface area contributed by atoms with Crippen molar-refractivity contribution in [1.82, 2.24) is 15.5 Å². The quantitative estimate of drug-likeness (QED) is 0.656. The molecule has 0 fully saturated rings. The van der Waals surface area contributed by atoms with E-state index in [1.165, 1.54) is 11.8 Å². The smallest absolute Gasteiger partial charge is 0.277 e. The van der Waals surface area contributed by atoms with Crippen molar-refractivity contribution in [2.75, 3.05) is 12.9 Å². The molecule has 0 aliphatic rings. The Hall–Kier alpha value is -2.80. The van der Waals surface area contributed by atoms with E-state index in [4.69, 9.17) is 9.15 Å². The maximum absolute atomic E-state index is 11.9. The van der Waals surface area contributed by atoms with Gasteiger partial charge in [0, 0.05) is 12.1 Å². The van der Waals surface area contributed by atoms with Crippen LogP contribution in [0, 0.1) is 0 Å². The normalized spacial score (nSPS) is 10.4. The lowest BCUT2D eigenvalue weighted by atomic mass is 10.2. The van der Waals surface area contributed by atoms with Crippen molar-refractivity contribution in [3.05, 3.63) is 60.2 Å². The number of hydrogen-bond acceptors (Lipinski definition) is 6. The molecule has 0 saturated carbocycles. The van der Waals surface area contributed by atoms with E-state index < -0.39 is 0 Å². The molecule has 6 nitrogen and oxygen atoms in total. The minimum absolute atomic E-state index is 0.0970. The van der Waals surface area contributed by atoms with Crippen molar-refractivity contribution in [2.45, 2.75) is 11.8 Å². The number of nitrogens with one attached hydrogen (secondary N) is 1. The van der Waals surface area contributed by atoms with E-state index in [-0.39, 0.29) is 11.7 Å². The second-order valence-corrected chi connectivity index (χ2v) is 6.08. The van der Waals surface area contributed by atoms with Crippen molar-refractivity contribution >= 4 is 17.7 Å². The van der Waals surface area contributed by atoms with Gasteiger partial charge in [0.25, 0.3) is 5.22 Å². The lowest BCUT2D eigenvalue weighted by Gasteiger charge is -2.05. The summed E-state index contributed by atoms with van der Waals surface area (Å²) in [7, 11) is 1.62. The number of benzene rings is 2. The van der Waals surface area contributed by atoms with Crippen LogP contribution >= 0.6 is 11.8 Å².